The number of nitrogens with zero attached hydrogens (tertiary/aromatic N) is 2. The average molecular weight is 375 g/mol. The van der Waals surface area contributed by atoms with Crippen LogP contribution in [0.1, 0.15) is 47.1 Å². The van der Waals surface area contributed by atoms with Crippen molar-refractivity contribution >= 4 is 11.6 Å². The van der Waals surface area contributed by atoms with Gasteiger partial charge in [0.25, 0.3) is 5.91 Å². The number of carbonyl (C=O) groups excluding carboxylic acids is 1. The first kappa shape index (κ1) is 19.5. The Hall–Kier alpha value is -3.21. The zero-order valence-electron chi connectivity index (χ0n) is 16.3. The molecule has 0 spiro atoms. The summed E-state index contributed by atoms with van der Waals surface area (Å²) in [7, 11) is 0. The standard InChI is InChI=1S/C23H25N3O2/c1-3-4-10-20-22(23(28)25-19-8-6-5-7-9-19)21(27)15-17(2)26(20)16-18-11-13-24-14-12-18/h5-9,11-15H,3-4,10,16H2,1-2H3,(H,25,28). The van der Waals surface area contributed by atoms with Crippen molar-refractivity contribution in [1.82, 2.24) is 9.55 Å². The third-order valence-corrected chi connectivity index (χ3v) is 4.74. The third-order valence-electron chi connectivity index (χ3n) is 4.74. The second kappa shape index (κ2) is 9.13. The Kier molecular flexibility index (Phi) is 6.37. The van der Waals surface area contributed by atoms with Crippen LogP contribution in [0, 0.1) is 6.92 Å². The molecule has 28 heavy (non-hydrogen) atoms. The second-order valence-electron chi connectivity index (χ2n) is 6.84. The number of unbranched alkanes of at least 4 members (excludes halogenated alkanes) is 1. The number of rotatable bonds is 7. The van der Waals surface area contributed by atoms with Crippen LogP contribution in [0.25, 0.3) is 0 Å². The topological polar surface area (TPSA) is 64.0 Å². The van der Waals surface area contributed by atoms with Gasteiger partial charge in [0.1, 0.15) is 5.56 Å². The molecule has 5 heteroatoms. The van der Waals surface area contributed by atoms with E-state index in [1.165, 1.54) is 0 Å². The van der Waals surface area contributed by atoms with Gasteiger partial charge in [-0.25, -0.2) is 0 Å². The summed E-state index contributed by atoms with van der Waals surface area (Å²) in [6.07, 6.45) is 6.07. The molecule has 0 bridgehead atoms. The highest BCUT2D eigenvalue weighted by molar-refractivity contribution is 6.05. The van der Waals surface area contributed by atoms with E-state index >= 15 is 0 Å². The molecule has 0 unspecified atom stereocenters. The molecule has 0 saturated heterocycles. The van der Waals surface area contributed by atoms with Crippen LogP contribution in [0.15, 0.2) is 65.7 Å². The number of anilines is 1. The molecule has 1 N–H and O–H groups in total. The zero-order valence-corrected chi connectivity index (χ0v) is 16.3. The van der Waals surface area contributed by atoms with Gasteiger partial charge in [0, 0.05) is 42.1 Å². The van der Waals surface area contributed by atoms with Crippen molar-refractivity contribution in [2.24, 2.45) is 0 Å². The molecule has 0 aliphatic carbocycles. The van der Waals surface area contributed by atoms with E-state index in [-0.39, 0.29) is 16.9 Å². The molecule has 1 aromatic carbocycles. The van der Waals surface area contributed by atoms with Crippen molar-refractivity contribution < 1.29 is 4.79 Å². The SMILES string of the molecule is CCCCc1c(C(=O)Nc2ccccc2)c(=O)cc(C)n1Cc1ccncc1. The molecular weight excluding hydrogens is 350 g/mol. The quantitative estimate of drug-likeness (QED) is 0.673. The number of pyridine rings is 2. The fraction of sp³-hybridized carbons (Fsp3) is 0.261. The predicted octanol–water partition coefficient (Wildman–Crippen LogP) is 4.19. The molecular formula is C23H25N3O2. The Labute approximate surface area is 165 Å². The van der Waals surface area contributed by atoms with Gasteiger partial charge < -0.3 is 9.88 Å². The number of nitrogens with one attached hydrogen (secondary N) is 1. The van der Waals surface area contributed by atoms with Gasteiger partial charge in [-0.05, 0) is 49.6 Å². The molecule has 144 valence electrons. The largest absolute Gasteiger partial charge is 0.343 e. The number of para-hydroxylation sites is 1. The number of aryl methyl sites for hydroxylation is 1. The number of amides is 1. The Morgan fingerprint density at radius 3 is 2.50 bits per heavy atom. The third kappa shape index (κ3) is 4.55. The highest BCUT2D eigenvalue weighted by Crippen LogP contribution is 2.17. The van der Waals surface area contributed by atoms with Crippen LogP contribution in [0.5, 0.6) is 0 Å². The molecule has 2 aromatic heterocycles. The minimum absolute atomic E-state index is 0.233. The highest BCUT2D eigenvalue weighted by atomic mass is 16.2. The predicted molar refractivity (Wildman–Crippen MR) is 112 cm³/mol. The fourth-order valence-corrected chi connectivity index (χ4v) is 3.28. The minimum atomic E-state index is -0.356. The molecule has 1 amide bonds. The minimum Gasteiger partial charge on any atom is -0.343 e. The van der Waals surface area contributed by atoms with E-state index in [0.29, 0.717) is 18.7 Å². The van der Waals surface area contributed by atoms with Crippen molar-refractivity contribution in [2.75, 3.05) is 5.32 Å². The van der Waals surface area contributed by atoms with Crippen LogP contribution in [-0.4, -0.2) is 15.5 Å². The second-order valence-corrected chi connectivity index (χ2v) is 6.84. The van der Waals surface area contributed by atoms with Crippen LogP contribution in [0.4, 0.5) is 5.69 Å². The van der Waals surface area contributed by atoms with Gasteiger partial charge in [-0.15, -0.1) is 0 Å². The Balaban J connectivity index is 2.05. The number of benzene rings is 1. The summed E-state index contributed by atoms with van der Waals surface area (Å²) in [5.41, 5.74) is 3.39. The first-order valence-electron chi connectivity index (χ1n) is 9.58. The smallest absolute Gasteiger partial charge is 0.261 e. The number of hydrogen-bond acceptors (Lipinski definition) is 3. The van der Waals surface area contributed by atoms with Crippen molar-refractivity contribution in [3.8, 4) is 0 Å². The molecule has 0 saturated carbocycles. The molecule has 5 nitrogen and oxygen atoms in total. The van der Waals surface area contributed by atoms with Crippen LogP contribution < -0.4 is 10.7 Å². The van der Waals surface area contributed by atoms with Gasteiger partial charge in [-0.2, -0.15) is 0 Å². The van der Waals surface area contributed by atoms with Crippen LogP contribution in [-0.2, 0) is 13.0 Å². The highest BCUT2D eigenvalue weighted by Gasteiger charge is 2.20. The van der Waals surface area contributed by atoms with E-state index < -0.39 is 0 Å². The first-order valence-corrected chi connectivity index (χ1v) is 9.58. The van der Waals surface area contributed by atoms with Crippen molar-refractivity contribution in [1.29, 1.82) is 0 Å². The van der Waals surface area contributed by atoms with E-state index in [0.717, 1.165) is 29.8 Å². The first-order chi connectivity index (χ1) is 13.6. The summed E-state index contributed by atoms with van der Waals surface area (Å²) in [6, 6.07) is 14.7. The molecule has 0 radical (unpaired) electrons. The summed E-state index contributed by atoms with van der Waals surface area (Å²) in [5.74, 6) is -0.356. The lowest BCUT2D eigenvalue weighted by Crippen LogP contribution is -2.28. The van der Waals surface area contributed by atoms with Gasteiger partial charge in [0.2, 0.25) is 0 Å². The molecule has 3 aromatic rings. The monoisotopic (exact) mass is 375 g/mol. The molecule has 3 rings (SSSR count). The van der Waals surface area contributed by atoms with Crippen molar-refractivity contribution in [3.05, 3.63) is 93.7 Å². The van der Waals surface area contributed by atoms with E-state index in [4.69, 9.17) is 0 Å². The van der Waals surface area contributed by atoms with Crippen molar-refractivity contribution in [3.63, 3.8) is 0 Å². The molecule has 0 aliphatic heterocycles. The molecule has 0 atom stereocenters. The van der Waals surface area contributed by atoms with Crippen LogP contribution in [0.2, 0.25) is 0 Å². The average Bonchev–Trinajstić information content (AvgIpc) is 2.70. The summed E-state index contributed by atoms with van der Waals surface area (Å²) in [4.78, 5) is 29.8. The number of hydrogen-bond donors (Lipinski definition) is 1. The summed E-state index contributed by atoms with van der Waals surface area (Å²) in [5, 5.41) is 2.86. The summed E-state index contributed by atoms with van der Waals surface area (Å²) < 4.78 is 2.08. The maximum Gasteiger partial charge on any atom is 0.261 e. The Morgan fingerprint density at radius 1 is 1.11 bits per heavy atom. The van der Waals surface area contributed by atoms with E-state index in [1.54, 1.807) is 18.5 Å². The maximum absolute atomic E-state index is 13.0. The van der Waals surface area contributed by atoms with Gasteiger partial charge in [0.05, 0.1) is 0 Å². The molecule has 0 aliphatic rings. The van der Waals surface area contributed by atoms with E-state index in [2.05, 4.69) is 21.8 Å². The maximum atomic E-state index is 13.0. The fourth-order valence-electron chi connectivity index (χ4n) is 3.28. The molecule has 0 fully saturated rings. The zero-order chi connectivity index (χ0) is 19.9. The van der Waals surface area contributed by atoms with Crippen LogP contribution >= 0.6 is 0 Å². The van der Waals surface area contributed by atoms with Crippen molar-refractivity contribution in [2.45, 2.75) is 39.7 Å². The van der Waals surface area contributed by atoms with Gasteiger partial charge >= 0.3 is 0 Å². The summed E-state index contributed by atoms with van der Waals surface area (Å²) in [6.45, 7) is 4.61. The lowest BCUT2D eigenvalue weighted by Gasteiger charge is -2.20. The Bertz CT molecular complexity index is 996. The van der Waals surface area contributed by atoms with Crippen LogP contribution in [0.3, 0.4) is 0 Å². The molecule has 2 heterocycles. The summed E-state index contributed by atoms with van der Waals surface area (Å²) >= 11 is 0. The Morgan fingerprint density at radius 2 is 1.82 bits per heavy atom. The van der Waals surface area contributed by atoms with E-state index in [9.17, 15) is 9.59 Å². The normalized spacial score (nSPS) is 10.6. The van der Waals surface area contributed by atoms with Gasteiger partial charge in [-0.3, -0.25) is 14.6 Å². The lowest BCUT2D eigenvalue weighted by atomic mass is 10.0. The van der Waals surface area contributed by atoms with Gasteiger partial charge in [-0.1, -0.05) is 31.5 Å². The van der Waals surface area contributed by atoms with E-state index in [1.807, 2.05) is 49.4 Å². The number of aromatic nitrogens is 2. The number of carbonyl (C=O) groups is 1. The lowest BCUT2D eigenvalue weighted by molar-refractivity contribution is 0.102. The van der Waals surface area contributed by atoms with Gasteiger partial charge in [0.15, 0.2) is 5.43 Å².